The molecular weight excluding hydrogens is 346 g/mol. The lowest BCUT2D eigenvalue weighted by molar-refractivity contribution is -0.122. The molecule has 1 heterocycles. The number of aryl methyl sites for hydroxylation is 1. The number of carbonyl (C=O) groups is 2. The Labute approximate surface area is 157 Å². The molecule has 1 saturated heterocycles. The first-order valence-corrected chi connectivity index (χ1v) is 8.54. The molecule has 0 aliphatic carbocycles. The van der Waals surface area contributed by atoms with E-state index in [2.05, 4.69) is 5.32 Å². The van der Waals surface area contributed by atoms with Gasteiger partial charge in [-0.2, -0.15) is 0 Å². The number of thiocarbonyl (C=S) groups is 1. The van der Waals surface area contributed by atoms with Gasteiger partial charge in [0.15, 0.2) is 5.11 Å². The van der Waals surface area contributed by atoms with Gasteiger partial charge >= 0.3 is 0 Å². The van der Waals surface area contributed by atoms with E-state index >= 15 is 0 Å². The minimum Gasteiger partial charge on any atom is -0.378 e. The van der Waals surface area contributed by atoms with Crippen molar-refractivity contribution in [2.75, 3.05) is 23.9 Å². The van der Waals surface area contributed by atoms with Crippen molar-refractivity contribution in [3.05, 3.63) is 65.2 Å². The molecule has 1 aliphatic heterocycles. The van der Waals surface area contributed by atoms with Gasteiger partial charge in [0.05, 0.1) is 5.69 Å². The lowest BCUT2D eigenvalue weighted by atomic mass is 10.1. The fraction of sp³-hybridized carbons (Fsp3) is 0.150. The van der Waals surface area contributed by atoms with E-state index in [9.17, 15) is 9.59 Å². The zero-order valence-electron chi connectivity index (χ0n) is 14.8. The van der Waals surface area contributed by atoms with Crippen LogP contribution in [0.15, 0.2) is 54.1 Å². The van der Waals surface area contributed by atoms with Crippen LogP contribution < -0.4 is 15.1 Å². The second kappa shape index (κ2) is 7.09. The molecule has 0 radical (unpaired) electrons. The first-order valence-electron chi connectivity index (χ1n) is 8.13. The highest BCUT2D eigenvalue weighted by molar-refractivity contribution is 7.80. The third kappa shape index (κ3) is 3.36. The van der Waals surface area contributed by atoms with Gasteiger partial charge in [0.25, 0.3) is 11.8 Å². The summed E-state index contributed by atoms with van der Waals surface area (Å²) in [4.78, 5) is 28.7. The van der Waals surface area contributed by atoms with E-state index in [1.807, 2.05) is 68.4 Å². The summed E-state index contributed by atoms with van der Waals surface area (Å²) in [5.41, 5.74) is 3.42. The van der Waals surface area contributed by atoms with Crippen LogP contribution in [0.25, 0.3) is 6.08 Å². The number of carbonyl (C=O) groups excluding carboxylic acids is 2. The Kier molecular flexibility index (Phi) is 4.86. The molecule has 0 atom stereocenters. The van der Waals surface area contributed by atoms with Crippen molar-refractivity contribution in [3.63, 3.8) is 0 Å². The zero-order valence-corrected chi connectivity index (χ0v) is 15.6. The second-order valence-corrected chi connectivity index (χ2v) is 6.62. The standard InChI is InChI=1S/C20H19N3O2S/c1-13-6-4-5-7-17(13)23-19(25)16(18(24)21-20(23)26)12-14-8-10-15(11-9-14)22(2)3/h4-12H,1-3H3,(H,21,24,26)/b16-12-. The topological polar surface area (TPSA) is 52.7 Å². The summed E-state index contributed by atoms with van der Waals surface area (Å²) in [7, 11) is 3.90. The Balaban J connectivity index is 1.99. The van der Waals surface area contributed by atoms with E-state index in [0.717, 1.165) is 16.8 Å². The van der Waals surface area contributed by atoms with Crippen LogP contribution in [0.2, 0.25) is 0 Å². The summed E-state index contributed by atoms with van der Waals surface area (Å²) >= 11 is 5.23. The number of rotatable bonds is 3. The predicted molar refractivity (Wildman–Crippen MR) is 108 cm³/mol. The fourth-order valence-corrected chi connectivity index (χ4v) is 3.00. The van der Waals surface area contributed by atoms with Gasteiger partial charge in [0.2, 0.25) is 0 Å². The molecule has 3 rings (SSSR count). The van der Waals surface area contributed by atoms with Crippen LogP contribution in [0.1, 0.15) is 11.1 Å². The molecule has 0 aromatic heterocycles. The van der Waals surface area contributed by atoms with Gasteiger partial charge in [-0.3, -0.25) is 19.8 Å². The molecule has 132 valence electrons. The van der Waals surface area contributed by atoms with E-state index in [4.69, 9.17) is 12.2 Å². The smallest absolute Gasteiger partial charge is 0.270 e. The Bertz CT molecular complexity index is 917. The molecule has 1 fully saturated rings. The van der Waals surface area contributed by atoms with E-state index in [0.29, 0.717) is 5.69 Å². The lowest BCUT2D eigenvalue weighted by Gasteiger charge is -2.30. The minimum absolute atomic E-state index is 0.0551. The number of nitrogens with zero attached hydrogens (tertiary/aromatic N) is 2. The van der Waals surface area contributed by atoms with Gasteiger partial charge in [0, 0.05) is 19.8 Å². The van der Waals surface area contributed by atoms with E-state index in [1.54, 1.807) is 12.1 Å². The number of nitrogens with one attached hydrogen (secondary N) is 1. The molecule has 6 heteroatoms. The summed E-state index contributed by atoms with van der Waals surface area (Å²) in [6.45, 7) is 1.89. The van der Waals surface area contributed by atoms with E-state index in [-0.39, 0.29) is 10.7 Å². The second-order valence-electron chi connectivity index (χ2n) is 6.23. The van der Waals surface area contributed by atoms with Crippen molar-refractivity contribution in [3.8, 4) is 0 Å². The number of hydrogen-bond donors (Lipinski definition) is 1. The Morgan fingerprint density at radius 3 is 2.31 bits per heavy atom. The van der Waals surface area contributed by atoms with Gasteiger partial charge in [-0.1, -0.05) is 30.3 Å². The highest BCUT2D eigenvalue weighted by atomic mass is 32.1. The summed E-state index contributed by atoms with van der Waals surface area (Å²) < 4.78 is 0. The predicted octanol–water partition coefficient (Wildman–Crippen LogP) is 2.89. The Morgan fingerprint density at radius 2 is 1.69 bits per heavy atom. The number of hydrogen-bond acceptors (Lipinski definition) is 4. The van der Waals surface area contributed by atoms with Crippen LogP contribution >= 0.6 is 12.2 Å². The number of benzene rings is 2. The summed E-state index contributed by atoms with van der Waals surface area (Å²) in [5, 5.41) is 2.70. The molecule has 0 spiro atoms. The molecule has 0 unspecified atom stereocenters. The highest BCUT2D eigenvalue weighted by Crippen LogP contribution is 2.25. The molecular formula is C20H19N3O2S. The molecule has 2 aromatic rings. The van der Waals surface area contributed by atoms with Crippen molar-refractivity contribution in [2.45, 2.75) is 6.92 Å². The molecule has 0 saturated carbocycles. The highest BCUT2D eigenvalue weighted by Gasteiger charge is 2.34. The number of para-hydroxylation sites is 1. The third-order valence-corrected chi connectivity index (χ3v) is 4.46. The van der Waals surface area contributed by atoms with Gasteiger partial charge in [-0.05, 0) is 54.5 Å². The third-order valence-electron chi connectivity index (χ3n) is 4.18. The van der Waals surface area contributed by atoms with Crippen LogP contribution in [0, 0.1) is 6.92 Å². The molecule has 2 amide bonds. The summed E-state index contributed by atoms with van der Waals surface area (Å²) in [6.07, 6.45) is 1.59. The van der Waals surface area contributed by atoms with Gasteiger partial charge in [-0.25, -0.2) is 0 Å². The molecule has 26 heavy (non-hydrogen) atoms. The van der Waals surface area contributed by atoms with E-state index in [1.165, 1.54) is 4.90 Å². The fourth-order valence-electron chi connectivity index (χ4n) is 2.73. The van der Waals surface area contributed by atoms with Crippen LogP contribution in [0.4, 0.5) is 11.4 Å². The quantitative estimate of drug-likeness (QED) is 0.516. The summed E-state index contributed by atoms with van der Waals surface area (Å²) in [6, 6.07) is 15.0. The van der Waals surface area contributed by atoms with Crippen molar-refractivity contribution in [2.24, 2.45) is 0 Å². The maximum atomic E-state index is 13.0. The van der Waals surface area contributed by atoms with Crippen molar-refractivity contribution in [1.29, 1.82) is 0 Å². The van der Waals surface area contributed by atoms with Gasteiger partial charge < -0.3 is 4.90 Å². The number of anilines is 2. The normalized spacial score (nSPS) is 16.0. The zero-order chi connectivity index (χ0) is 18.8. The van der Waals surface area contributed by atoms with Crippen molar-refractivity contribution >= 4 is 46.6 Å². The largest absolute Gasteiger partial charge is 0.378 e. The van der Waals surface area contributed by atoms with Gasteiger partial charge in [0.1, 0.15) is 5.57 Å². The first-order chi connectivity index (χ1) is 12.4. The van der Waals surface area contributed by atoms with Crippen molar-refractivity contribution < 1.29 is 9.59 Å². The van der Waals surface area contributed by atoms with E-state index < -0.39 is 11.8 Å². The average molecular weight is 365 g/mol. The van der Waals surface area contributed by atoms with Crippen LogP contribution in [0.3, 0.4) is 0 Å². The average Bonchev–Trinajstić information content (AvgIpc) is 2.60. The number of amides is 2. The Morgan fingerprint density at radius 1 is 1.04 bits per heavy atom. The summed E-state index contributed by atoms with van der Waals surface area (Å²) in [5.74, 6) is -0.911. The molecule has 1 aliphatic rings. The van der Waals surface area contributed by atoms with Gasteiger partial charge in [-0.15, -0.1) is 0 Å². The maximum absolute atomic E-state index is 13.0. The Hall–Kier alpha value is -2.99. The monoisotopic (exact) mass is 365 g/mol. The lowest BCUT2D eigenvalue weighted by Crippen LogP contribution is -2.54. The SMILES string of the molecule is Cc1ccccc1N1C(=O)/C(=C\c2ccc(N(C)C)cc2)C(=O)NC1=S. The molecule has 0 bridgehead atoms. The van der Waals surface area contributed by atoms with Crippen LogP contribution in [0.5, 0.6) is 0 Å². The van der Waals surface area contributed by atoms with Crippen molar-refractivity contribution in [1.82, 2.24) is 5.32 Å². The molecule has 5 nitrogen and oxygen atoms in total. The van der Waals surface area contributed by atoms with Crippen LogP contribution in [-0.4, -0.2) is 31.0 Å². The molecule has 1 N–H and O–H groups in total. The van der Waals surface area contributed by atoms with Crippen LogP contribution in [-0.2, 0) is 9.59 Å². The maximum Gasteiger partial charge on any atom is 0.270 e. The first kappa shape index (κ1) is 17.8. The molecule has 2 aromatic carbocycles. The minimum atomic E-state index is -0.485.